The Morgan fingerprint density at radius 3 is 2.57 bits per heavy atom. The van der Waals surface area contributed by atoms with Crippen LogP contribution < -0.4 is 5.32 Å². The van der Waals surface area contributed by atoms with Gasteiger partial charge in [0.2, 0.25) is 0 Å². The maximum Gasteiger partial charge on any atom is 0.419 e. The highest BCUT2D eigenvalue weighted by molar-refractivity contribution is 5.46. The molecule has 1 unspecified atom stereocenters. The molecule has 0 aliphatic heterocycles. The highest BCUT2D eigenvalue weighted by atomic mass is 19.4. The summed E-state index contributed by atoms with van der Waals surface area (Å²) in [7, 11) is 0. The smallest absolute Gasteiger partial charge is 0.419 e. The van der Waals surface area contributed by atoms with Crippen molar-refractivity contribution in [1.82, 2.24) is 4.98 Å². The Bertz CT molecular complexity index is 621. The summed E-state index contributed by atoms with van der Waals surface area (Å²) in [6, 6.07) is 5.40. The first kappa shape index (κ1) is 15.4. The Balaban J connectivity index is 2.17. The molecule has 0 aromatic carbocycles. The number of alkyl halides is 3. The van der Waals surface area contributed by atoms with Crippen molar-refractivity contribution in [3.8, 4) is 0 Å². The first-order valence-corrected chi connectivity index (χ1v) is 6.25. The van der Waals surface area contributed by atoms with Crippen molar-refractivity contribution in [3.63, 3.8) is 0 Å². The van der Waals surface area contributed by atoms with Crippen LogP contribution in [0.3, 0.4) is 0 Å². The minimum atomic E-state index is -4.51. The van der Waals surface area contributed by atoms with Gasteiger partial charge in [0, 0.05) is 6.20 Å². The monoisotopic (exact) mass is 300 g/mol. The molecule has 4 nitrogen and oxygen atoms in total. The molecular formula is C14H15F3N2O2. The molecule has 0 radical (unpaired) electrons. The van der Waals surface area contributed by atoms with Gasteiger partial charge in [0.15, 0.2) is 0 Å². The number of hydrogen-bond acceptors (Lipinski definition) is 4. The summed E-state index contributed by atoms with van der Waals surface area (Å²) in [5.41, 5.74) is -2.33. The van der Waals surface area contributed by atoms with Crippen molar-refractivity contribution in [1.29, 1.82) is 0 Å². The predicted octanol–water partition coefficient (Wildman–Crippen LogP) is 3.32. The molecule has 0 aliphatic rings. The predicted molar refractivity (Wildman–Crippen MR) is 70.7 cm³/mol. The van der Waals surface area contributed by atoms with Gasteiger partial charge in [-0.1, -0.05) is 0 Å². The Labute approximate surface area is 119 Å². The molecule has 0 spiro atoms. The molecule has 2 aromatic heterocycles. The van der Waals surface area contributed by atoms with Gasteiger partial charge in [-0.05, 0) is 38.1 Å². The first-order chi connectivity index (χ1) is 9.70. The Morgan fingerprint density at radius 2 is 2.00 bits per heavy atom. The zero-order valence-electron chi connectivity index (χ0n) is 11.5. The number of furan rings is 1. The lowest BCUT2D eigenvalue weighted by Gasteiger charge is -2.22. The zero-order valence-corrected chi connectivity index (χ0v) is 11.5. The third-order valence-corrected chi connectivity index (χ3v) is 2.98. The standard InChI is InChI=1S/C14H15F3N2O2/c1-9-5-6-11(21-9)13(2,20)8-19-12-10(14(15,16)17)4-3-7-18-12/h3-7,20H,8H2,1-2H3,(H,18,19). The summed E-state index contributed by atoms with van der Waals surface area (Å²) in [6.07, 6.45) is -3.26. The van der Waals surface area contributed by atoms with Crippen molar-refractivity contribution in [2.45, 2.75) is 25.6 Å². The maximum absolute atomic E-state index is 12.8. The molecule has 0 fully saturated rings. The molecule has 7 heteroatoms. The summed E-state index contributed by atoms with van der Waals surface area (Å²) in [6.45, 7) is 3.00. The van der Waals surface area contributed by atoms with E-state index in [0.717, 1.165) is 6.07 Å². The molecule has 2 rings (SSSR count). The molecule has 0 amide bonds. The van der Waals surface area contributed by atoms with Crippen LogP contribution in [0.5, 0.6) is 0 Å². The lowest BCUT2D eigenvalue weighted by atomic mass is 10.0. The summed E-state index contributed by atoms with van der Waals surface area (Å²) < 4.78 is 43.8. The summed E-state index contributed by atoms with van der Waals surface area (Å²) >= 11 is 0. The van der Waals surface area contributed by atoms with Gasteiger partial charge in [0.25, 0.3) is 0 Å². The second-order valence-corrected chi connectivity index (χ2v) is 4.94. The highest BCUT2D eigenvalue weighted by Crippen LogP contribution is 2.34. The van der Waals surface area contributed by atoms with Crippen molar-refractivity contribution < 1.29 is 22.7 Å². The largest absolute Gasteiger partial charge is 0.463 e. The van der Waals surface area contributed by atoms with Crippen LogP contribution in [0.4, 0.5) is 19.0 Å². The Morgan fingerprint density at radius 1 is 1.29 bits per heavy atom. The molecule has 1 atom stereocenters. The van der Waals surface area contributed by atoms with Gasteiger partial charge in [0.1, 0.15) is 22.9 Å². The van der Waals surface area contributed by atoms with E-state index in [1.54, 1.807) is 19.1 Å². The van der Waals surface area contributed by atoms with Crippen molar-refractivity contribution >= 4 is 5.82 Å². The number of rotatable bonds is 4. The average molecular weight is 300 g/mol. The van der Waals surface area contributed by atoms with E-state index < -0.39 is 17.3 Å². The van der Waals surface area contributed by atoms with Crippen LogP contribution in [-0.2, 0) is 11.8 Å². The third-order valence-electron chi connectivity index (χ3n) is 2.98. The molecule has 0 aliphatic carbocycles. The van der Waals surface area contributed by atoms with Gasteiger partial charge in [-0.25, -0.2) is 4.98 Å². The molecule has 21 heavy (non-hydrogen) atoms. The van der Waals surface area contributed by atoms with Gasteiger partial charge in [-0.3, -0.25) is 0 Å². The van der Waals surface area contributed by atoms with E-state index in [9.17, 15) is 18.3 Å². The number of anilines is 1. The van der Waals surface area contributed by atoms with Crippen LogP contribution in [0, 0.1) is 6.92 Å². The zero-order chi connectivity index (χ0) is 15.7. The van der Waals surface area contributed by atoms with Crippen LogP contribution in [0.1, 0.15) is 24.0 Å². The molecule has 2 aromatic rings. The van der Waals surface area contributed by atoms with Gasteiger partial charge in [-0.15, -0.1) is 0 Å². The summed E-state index contributed by atoms with van der Waals surface area (Å²) in [5, 5.41) is 12.8. The fraction of sp³-hybridized carbons (Fsp3) is 0.357. The molecule has 0 saturated carbocycles. The van der Waals surface area contributed by atoms with E-state index in [1.165, 1.54) is 19.2 Å². The number of nitrogens with one attached hydrogen (secondary N) is 1. The van der Waals surface area contributed by atoms with E-state index in [4.69, 9.17) is 4.42 Å². The summed E-state index contributed by atoms with van der Waals surface area (Å²) in [5.74, 6) is 0.560. The minimum Gasteiger partial charge on any atom is -0.463 e. The molecule has 114 valence electrons. The van der Waals surface area contributed by atoms with E-state index in [-0.39, 0.29) is 18.1 Å². The normalized spacial score (nSPS) is 14.8. The van der Waals surface area contributed by atoms with Crippen molar-refractivity contribution in [3.05, 3.63) is 47.5 Å². The van der Waals surface area contributed by atoms with E-state index in [0.29, 0.717) is 5.76 Å². The van der Waals surface area contributed by atoms with E-state index >= 15 is 0 Å². The highest BCUT2D eigenvalue weighted by Gasteiger charge is 2.35. The number of aromatic nitrogens is 1. The number of pyridine rings is 1. The number of halogens is 3. The van der Waals surface area contributed by atoms with Crippen molar-refractivity contribution in [2.24, 2.45) is 0 Å². The van der Waals surface area contributed by atoms with Crippen LogP contribution in [0.25, 0.3) is 0 Å². The lowest BCUT2D eigenvalue weighted by Crippen LogP contribution is -2.31. The van der Waals surface area contributed by atoms with E-state index in [1.807, 2.05) is 0 Å². The molecule has 2 N–H and O–H groups in total. The SMILES string of the molecule is Cc1ccc(C(C)(O)CNc2ncccc2C(F)(F)F)o1. The number of hydrogen-bond donors (Lipinski definition) is 2. The average Bonchev–Trinajstić information content (AvgIpc) is 2.83. The van der Waals surface area contributed by atoms with Crippen molar-refractivity contribution in [2.75, 3.05) is 11.9 Å². The Kier molecular flexibility index (Phi) is 3.95. The number of aryl methyl sites for hydroxylation is 1. The van der Waals surface area contributed by atoms with Crippen LogP contribution >= 0.6 is 0 Å². The maximum atomic E-state index is 12.8. The third kappa shape index (κ3) is 3.55. The van der Waals surface area contributed by atoms with Crippen LogP contribution in [0.15, 0.2) is 34.9 Å². The molecule has 0 saturated heterocycles. The topological polar surface area (TPSA) is 58.3 Å². The quantitative estimate of drug-likeness (QED) is 0.909. The molecule has 2 heterocycles. The van der Waals surface area contributed by atoms with Gasteiger partial charge in [0.05, 0.1) is 12.1 Å². The number of nitrogens with zero attached hydrogens (tertiary/aromatic N) is 1. The second kappa shape index (κ2) is 5.40. The van der Waals surface area contributed by atoms with E-state index in [2.05, 4.69) is 10.3 Å². The van der Waals surface area contributed by atoms with Crippen LogP contribution in [0.2, 0.25) is 0 Å². The Hall–Kier alpha value is -2.02. The second-order valence-electron chi connectivity index (χ2n) is 4.94. The minimum absolute atomic E-state index is 0.167. The van der Waals surface area contributed by atoms with Gasteiger partial charge < -0.3 is 14.8 Å². The fourth-order valence-electron chi connectivity index (χ4n) is 1.84. The number of aliphatic hydroxyl groups is 1. The fourth-order valence-corrected chi connectivity index (χ4v) is 1.84. The summed E-state index contributed by atoms with van der Waals surface area (Å²) in [4.78, 5) is 3.67. The lowest BCUT2D eigenvalue weighted by molar-refractivity contribution is -0.137. The van der Waals surface area contributed by atoms with Gasteiger partial charge in [-0.2, -0.15) is 13.2 Å². The van der Waals surface area contributed by atoms with Crippen LogP contribution in [-0.4, -0.2) is 16.6 Å². The molecular weight excluding hydrogens is 285 g/mol. The van der Waals surface area contributed by atoms with Gasteiger partial charge >= 0.3 is 6.18 Å². The molecule has 0 bridgehead atoms. The first-order valence-electron chi connectivity index (χ1n) is 6.25.